The molecule has 2 heterocycles. The van der Waals surface area contributed by atoms with Gasteiger partial charge in [0.15, 0.2) is 0 Å². The summed E-state index contributed by atoms with van der Waals surface area (Å²) in [5.41, 5.74) is 1.28. The van der Waals surface area contributed by atoms with Gasteiger partial charge in [-0.15, -0.1) is 0 Å². The molecule has 0 aliphatic heterocycles. The smallest absolute Gasteiger partial charge is 0.408 e. The molecule has 12 heteroatoms. The number of para-hydroxylation sites is 1. The first-order valence-corrected chi connectivity index (χ1v) is 12.2. The first-order valence-electron chi connectivity index (χ1n) is 12.2. The number of alkyl halides is 3. The van der Waals surface area contributed by atoms with E-state index in [4.69, 9.17) is 9.47 Å². The SMILES string of the molecule is CCOC(=O)c1cc(-c2cccc3nc(C)c(NCC(F)(F)F)nc23)[nH]c1C1(NC(=O)OC(C)(C)C)CC1. The molecular formula is C26H30F3N5O4. The fraction of sp³-hybridized carbons (Fsp3) is 0.462. The number of amides is 1. The summed E-state index contributed by atoms with van der Waals surface area (Å²) in [6.07, 6.45) is -3.91. The van der Waals surface area contributed by atoms with Crippen LogP contribution in [0.4, 0.5) is 23.8 Å². The van der Waals surface area contributed by atoms with Gasteiger partial charge in [-0.3, -0.25) is 0 Å². The second-order valence-corrected chi connectivity index (χ2v) is 10.2. The molecule has 2 aromatic heterocycles. The van der Waals surface area contributed by atoms with Crippen molar-refractivity contribution in [2.75, 3.05) is 18.5 Å². The summed E-state index contributed by atoms with van der Waals surface area (Å²) in [4.78, 5) is 37.6. The van der Waals surface area contributed by atoms with E-state index in [0.29, 0.717) is 46.5 Å². The highest BCUT2D eigenvalue weighted by Crippen LogP contribution is 2.48. The topological polar surface area (TPSA) is 118 Å². The molecule has 1 saturated carbocycles. The zero-order valence-electron chi connectivity index (χ0n) is 21.8. The van der Waals surface area contributed by atoms with Gasteiger partial charge in [-0.05, 0) is 59.6 Å². The molecule has 9 nitrogen and oxygen atoms in total. The highest BCUT2D eigenvalue weighted by molar-refractivity contribution is 5.97. The summed E-state index contributed by atoms with van der Waals surface area (Å²) < 4.78 is 49.1. The second kappa shape index (κ2) is 9.80. The van der Waals surface area contributed by atoms with Crippen molar-refractivity contribution in [2.45, 2.75) is 64.8 Å². The molecule has 1 aliphatic carbocycles. The summed E-state index contributed by atoms with van der Waals surface area (Å²) >= 11 is 0. The molecule has 0 spiro atoms. The lowest BCUT2D eigenvalue weighted by Crippen LogP contribution is -2.40. The Morgan fingerprint density at radius 3 is 2.47 bits per heavy atom. The minimum absolute atomic E-state index is 0.00456. The summed E-state index contributed by atoms with van der Waals surface area (Å²) in [7, 11) is 0. The number of benzene rings is 1. The van der Waals surface area contributed by atoms with Crippen LogP contribution in [0.15, 0.2) is 24.3 Å². The Morgan fingerprint density at radius 1 is 1.16 bits per heavy atom. The highest BCUT2D eigenvalue weighted by atomic mass is 19.4. The molecule has 0 saturated heterocycles. The number of ether oxygens (including phenoxy) is 2. The van der Waals surface area contributed by atoms with Crippen molar-refractivity contribution in [3.05, 3.63) is 41.2 Å². The van der Waals surface area contributed by atoms with Crippen LogP contribution >= 0.6 is 0 Å². The Balaban J connectivity index is 1.78. The predicted molar refractivity (Wildman–Crippen MR) is 135 cm³/mol. The van der Waals surface area contributed by atoms with E-state index in [9.17, 15) is 22.8 Å². The number of halogens is 3. The van der Waals surface area contributed by atoms with Crippen LogP contribution in [-0.4, -0.2) is 51.9 Å². The van der Waals surface area contributed by atoms with Gasteiger partial charge < -0.3 is 25.1 Å². The lowest BCUT2D eigenvalue weighted by atomic mass is 10.1. The van der Waals surface area contributed by atoms with Crippen molar-refractivity contribution in [2.24, 2.45) is 0 Å². The van der Waals surface area contributed by atoms with Gasteiger partial charge in [-0.1, -0.05) is 12.1 Å². The number of alkyl carbamates (subject to hydrolysis) is 1. The molecule has 0 unspecified atom stereocenters. The zero-order chi connectivity index (χ0) is 27.9. The van der Waals surface area contributed by atoms with E-state index in [1.54, 1.807) is 58.9 Å². The first-order chi connectivity index (χ1) is 17.7. The van der Waals surface area contributed by atoms with E-state index >= 15 is 0 Å². The molecule has 3 N–H and O–H groups in total. The number of nitrogens with one attached hydrogen (secondary N) is 3. The van der Waals surface area contributed by atoms with Crippen molar-refractivity contribution in [3.8, 4) is 11.3 Å². The van der Waals surface area contributed by atoms with Gasteiger partial charge in [0.25, 0.3) is 0 Å². The number of aromatic amines is 1. The maximum Gasteiger partial charge on any atom is 0.408 e. The van der Waals surface area contributed by atoms with Gasteiger partial charge >= 0.3 is 18.2 Å². The second-order valence-electron chi connectivity index (χ2n) is 10.2. The van der Waals surface area contributed by atoms with Crippen LogP contribution in [0.25, 0.3) is 22.3 Å². The van der Waals surface area contributed by atoms with Gasteiger partial charge in [-0.25, -0.2) is 19.6 Å². The van der Waals surface area contributed by atoms with Gasteiger partial charge in [0.1, 0.15) is 23.5 Å². The Bertz CT molecular complexity index is 1370. The minimum Gasteiger partial charge on any atom is -0.462 e. The van der Waals surface area contributed by atoms with E-state index in [1.807, 2.05) is 0 Å². The normalized spacial score (nSPS) is 14.7. The number of H-pyrrole nitrogens is 1. The van der Waals surface area contributed by atoms with Crippen LogP contribution in [0.3, 0.4) is 0 Å². The average molecular weight is 534 g/mol. The average Bonchev–Trinajstić information content (AvgIpc) is 3.42. The number of anilines is 1. The van der Waals surface area contributed by atoms with Gasteiger partial charge in [0.05, 0.1) is 34.6 Å². The molecule has 1 fully saturated rings. The van der Waals surface area contributed by atoms with Gasteiger partial charge in [0.2, 0.25) is 0 Å². The molecule has 1 amide bonds. The maximum absolute atomic E-state index is 12.9. The summed E-state index contributed by atoms with van der Waals surface area (Å²) in [5.74, 6) is -0.568. The fourth-order valence-corrected chi connectivity index (χ4v) is 4.14. The standard InChI is InChI=1S/C26H30F3N5O4/c1-6-37-22(35)16-12-18(32-20(16)25(10-11-25)34-23(36)38-24(3,4)5)15-8-7-9-17-19(15)33-21(14(2)31-17)30-13-26(27,28)29/h7-9,12,32H,6,10-11,13H2,1-5H3,(H,30,33)(H,34,36). The Morgan fingerprint density at radius 2 is 1.87 bits per heavy atom. The molecule has 0 radical (unpaired) electrons. The van der Waals surface area contributed by atoms with Crippen LogP contribution in [0, 0.1) is 6.92 Å². The van der Waals surface area contributed by atoms with Crippen LogP contribution in [0.1, 0.15) is 62.3 Å². The maximum atomic E-state index is 12.9. The Kier molecular flexibility index (Phi) is 7.02. The lowest BCUT2D eigenvalue weighted by molar-refractivity contribution is -0.115. The number of aryl methyl sites for hydroxylation is 1. The number of rotatable bonds is 7. The molecule has 4 rings (SSSR count). The largest absolute Gasteiger partial charge is 0.462 e. The highest BCUT2D eigenvalue weighted by Gasteiger charge is 2.50. The van der Waals surface area contributed by atoms with E-state index in [0.717, 1.165) is 0 Å². The van der Waals surface area contributed by atoms with Crippen molar-refractivity contribution in [1.82, 2.24) is 20.3 Å². The lowest BCUT2D eigenvalue weighted by Gasteiger charge is -2.23. The van der Waals surface area contributed by atoms with E-state index in [1.165, 1.54) is 0 Å². The van der Waals surface area contributed by atoms with E-state index in [-0.39, 0.29) is 18.0 Å². The van der Waals surface area contributed by atoms with Gasteiger partial charge in [0, 0.05) is 11.3 Å². The summed E-state index contributed by atoms with van der Waals surface area (Å²) in [6.45, 7) is 7.42. The molecule has 1 aliphatic rings. The molecule has 0 atom stereocenters. The molecule has 1 aromatic carbocycles. The number of nitrogens with zero attached hydrogens (tertiary/aromatic N) is 2. The summed E-state index contributed by atoms with van der Waals surface area (Å²) in [6, 6.07) is 6.77. The number of aromatic nitrogens is 3. The van der Waals surface area contributed by atoms with E-state index < -0.39 is 35.9 Å². The molecule has 204 valence electrons. The number of hydrogen-bond acceptors (Lipinski definition) is 7. The van der Waals surface area contributed by atoms with Crippen molar-refractivity contribution in [3.63, 3.8) is 0 Å². The number of carbonyl (C=O) groups excluding carboxylic acids is 2. The predicted octanol–water partition coefficient (Wildman–Crippen LogP) is 5.60. The quantitative estimate of drug-likeness (QED) is 0.339. The number of hydrogen-bond donors (Lipinski definition) is 3. The Labute approximate surface area is 217 Å². The molecule has 3 aromatic rings. The Hall–Kier alpha value is -3.83. The first kappa shape index (κ1) is 27.2. The van der Waals surface area contributed by atoms with Gasteiger partial charge in [-0.2, -0.15) is 13.2 Å². The third kappa shape index (κ3) is 6.00. The molecule has 38 heavy (non-hydrogen) atoms. The zero-order valence-corrected chi connectivity index (χ0v) is 21.8. The van der Waals surface area contributed by atoms with Crippen LogP contribution in [0.5, 0.6) is 0 Å². The van der Waals surface area contributed by atoms with Crippen molar-refractivity contribution >= 4 is 28.9 Å². The van der Waals surface area contributed by atoms with Crippen LogP contribution in [0.2, 0.25) is 0 Å². The third-order valence-electron chi connectivity index (χ3n) is 5.90. The number of esters is 1. The van der Waals surface area contributed by atoms with Crippen molar-refractivity contribution in [1.29, 1.82) is 0 Å². The third-order valence-corrected chi connectivity index (χ3v) is 5.90. The number of carbonyl (C=O) groups is 2. The minimum atomic E-state index is -4.43. The fourth-order valence-electron chi connectivity index (χ4n) is 4.14. The summed E-state index contributed by atoms with van der Waals surface area (Å²) in [5, 5.41) is 5.19. The van der Waals surface area contributed by atoms with E-state index in [2.05, 4.69) is 25.6 Å². The van der Waals surface area contributed by atoms with Crippen molar-refractivity contribution < 1.29 is 32.2 Å². The number of fused-ring (bicyclic) bond motifs is 1. The molecule has 0 bridgehead atoms. The van der Waals surface area contributed by atoms with Crippen LogP contribution < -0.4 is 10.6 Å². The monoisotopic (exact) mass is 533 g/mol. The van der Waals surface area contributed by atoms with Crippen LogP contribution in [-0.2, 0) is 15.0 Å². The molecular weight excluding hydrogens is 503 g/mol.